The Balaban J connectivity index is 2.06. The number of amides is 1. The lowest BCUT2D eigenvalue weighted by atomic mass is 10.2. The van der Waals surface area contributed by atoms with Crippen molar-refractivity contribution in [3.8, 4) is 12.1 Å². The number of rotatable bonds is 4. The molecule has 0 spiro atoms. The molecule has 1 heterocycles. The van der Waals surface area contributed by atoms with Crippen molar-refractivity contribution < 1.29 is 4.79 Å². The van der Waals surface area contributed by atoms with Crippen molar-refractivity contribution in [2.75, 3.05) is 11.1 Å². The van der Waals surface area contributed by atoms with E-state index in [1.807, 2.05) is 6.07 Å². The van der Waals surface area contributed by atoms with E-state index in [1.54, 1.807) is 19.9 Å². The van der Waals surface area contributed by atoms with Crippen LogP contribution < -0.4 is 5.32 Å². The fourth-order valence-electron chi connectivity index (χ4n) is 1.93. The van der Waals surface area contributed by atoms with Gasteiger partial charge < -0.3 is 5.32 Å². The van der Waals surface area contributed by atoms with Crippen LogP contribution in [0.25, 0.3) is 0 Å². The molecule has 0 saturated heterocycles. The predicted molar refractivity (Wildman–Crippen MR) is 91.7 cm³/mol. The maximum absolute atomic E-state index is 12.1. The molecular weight excluding hydrogens is 346 g/mol. The van der Waals surface area contributed by atoms with Crippen molar-refractivity contribution >= 4 is 35.0 Å². The highest BCUT2D eigenvalue weighted by Gasteiger charge is 2.13. The summed E-state index contributed by atoms with van der Waals surface area (Å²) in [6.07, 6.45) is 0. The van der Waals surface area contributed by atoms with E-state index in [1.165, 1.54) is 23.9 Å². The molecule has 0 radical (unpaired) electrons. The first-order valence-electron chi connectivity index (χ1n) is 6.82. The van der Waals surface area contributed by atoms with Gasteiger partial charge in [-0.1, -0.05) is 23.4 Å². The van der Waals surface area contributed by atoms with Crippen molar-refractivity contribution in [3.05, 3.63) is 45.9 Å². The summed E-state index contributed by atoms with van der Waals surface area (Å²) in [4.78, 5) is 20.4. The average molecular weight is 358 g/mol. The summed E-state index contributed by atoms with van der Waals surface area (Å²) in [5.74, 6) is 0.370. The molecule has 0 aliphatic heterocycles. The molecule has 8 heteroatoms. The van der Waals surface area contributed by atoms with E-state index in [0.717, 1.165) is 0 Å². The second-order valence-electron chi connectivity index (χ2n) is 4.79. The molecule has 1 amide bonds. The lowest BCUT2D eigenvalue weighted by Crippen LogP contribution is -2.14. The smallest absolute Gasteiger partial charge is 0.234 e. The highest BCUT2D eigenvalue weighted by molar-refractivity contribution is 8.00. The quantitative estimate of drug-likeness (QED) is 0.665. The van der Waals surface area contributed by atoms with E-state index in [2.05, 4.69) is 21.4 Å². The van der Waals surface area contributed by atoms with Gasteiger partial charge in [0.2, 0.25) is 5.91 Å². The highest BCUT2D eigenvalue weighted by Crippen LogP contribution is 2.23. The third kappa shape index (κ3) is 4.23. The van der Waals surface area contributed by atoms with Crippen LogP contribution in [0.3, 0.4) is 0 Å². The molecule has 24 heavy (non-hydrogen) atoms. The van der Waals surface area contributed by atoms with Gasteiger partial charge >= 0.3 is 0 Å². The van der Waals surface area contributed by atoms with E-state index >= 15 is 0 Å². The molecule has 2 aromatic rings. The molecule has 1 N–H and O–H groups in total. The molecule has 0 aliphatic rings. The first kappa shape index (κ1) is 17.7. The minimum Gasteiger partial charge on any atom is -0.325 e. The van der Waals surface area contributed by atoms with E-state index in [9.17, 15) is 10.1 Å². The second-order valence-corrected chi connectivity index (χ2v) is 6.16. The lowest BCUT2D eigenvalue weighted by Gasteiger charge is -2.08. The number of nitriles is 2. The van der Waals surface area contributed by atoms with E-state index in [4.69, 9.17) is 16.9 Å². The molecule has 1 aromatic heterocycles. The van der Waals surface area contributed by atoms with E-state index < -0.39 is 0 Å². The minimum atomic E-state index is -0.265. The Hall–Kier alpha value is -2.61. The highest BCUT2D eigenvalue weighted by atomic mass is 35.5. The first-order chi connectivity index (χ1) is 11.4. The van der Waals surface area contributed by atoms with Crippen LogP contribution in [0.5, 0.6) is 0 Å². The zero-order valence-corrected chi connectivity index (χ0v) is 14.5. The molecule has 120 valence electrons. The van der Waals surface area contributed by atoms with Crippen molar-refractivity contribution in [1.82, 2.24) is 9.97 Å². The van der Waals surface area contributed by atoms with Crippen LogP contribution in [0.15, 0.2) is 23.2 Å². The molecule has 0 atom stereocenters. The number of aromatic nitrogens is 2. The first-order valence-corrected chi connectivity index (χ1v) is 8.18. The van der Waals surface area contributed by atoms with Crippen molar-refractivity contribution in [3.63, 3.8) is 0 Å². The Bertz CT molecular complexity index is 885. The summed E-state index contributed by atoms with van der Waals surface area (Å²) < 4.78 is 0. The Morgan fingerprint density at radius 1 is 1.29 bits per heavy atom. The molecule has 1 aromatic carbocycles. The Morgan fingerprint density at radius 2 is 2.04 bits per heavy atom. The monoisotopic (exact) mass is 357 g/mol. The number of nitrogens with one attached hydrogen (secondary N) is 1. The van der Waals surface area contributed by atoms with Gasteiger partial charge in [0, 0.05) is 5.69 Å². The number of aryl methyl sites for hydroxylation is 2. The van der Waals surface area contributed by atoms with Gasteiger partial charge in [0.25, 0.3) is 0 Å². The number of hydrogen-bond acceptors (Lipinski definition) is 6. The van der Waals surface area contributed by atoms with E-state index in [0.29, 0.717) is 33.4 Å². The van der Waals surface area contributed by atoms with Gasteiger partial charge in [-0.2, -0.15) is 10.5 Å². The predicted octanol–water partition coefficient (Wildman–Crippen LogP) is 3.22. The lowest BCUT2D eigenvalue weighted by molar-refractivity contribution is -0.113. The standard InChI is InChI=1S/C16H12ClN5OS/c1-9-13(7-19)16(21-10(2)20-9)24-8-15(23)22-12-4-3-11(6-18)14(17)5-12/h3-5H,8H2,1-2H3,(H,22,23). The van der Waals surface area contributed by atoms with Crippen LogP contribution in [0.4, 0.5) is 5.69 Å². The number of nitrogens with zero attached hydrogens (tertiary/aromatic N) is 4. The summed E-state index contributed by atoms with van der Waals surface area (Å²) >= 11 is 7.10. The maximum Gasteiger partial charge on any atom is 0.234 e. The summed E-state index contributed by atoms with van der Waals surface area (Å²) in [5.41, 5.74) is 1.81. The van der Waals surface area contributed by atoms with E-state index in [-0.39, 0.29) is 16.7 Å². The molecular formula is C16H12ClN5OS. The van der Waals surface area contributed by atoms with Crippen LogP contribution in [-0.4, -0.2) is 21.6 Å². The zero-order valence-electron chi connectivity index (χ0n) is 12.9. The number of halogens is 1. The molecule has 0 aliphatic carbocycles. The topological polar surface area (TPSA) is 102 Å². The number of thioether (sulfide) groups is 1. The van der Waals surface area contributed by atoms with Crippen LogP contribution in [0, 0.1) is 36.5 Å². The van der Waals surface area contributed by atoms with Crippen LogP contribution in [0.1, 0.15) is 22.6 Å². The van der Waals surface area contributed by atoms with Gasteiger partial charge in [-0.3, -0.25) is 4.79 Å². The summed E-state index contributed by atoms with van der Waals surface area (Å²) in [5, 5.41) is 21.5. The number of anilines is 1. The fourth-order valence-corrected chi connectivity index (χ4v) is 3.03. The molecule has 0 fully saturated rings. The normalized spacial score (nSPS) is 9.88. The second kappa shape index (κ2) is 7.78. The van der Waals surface area contributed by atoms with Gasteiger partial charge in [-0.05, 0) is 32.0 Å². The Kier molecular flexibility index (Phi) is 5.75. The Morgan fingerprint density at radius 3 is 2.67 bits per heavy atom. The van der Waals surface area contributed by atoms with Gasteiger partial charge in [-0.15, -0.1) is 0 Å². The van der Waals surface area contributed by atoms with Gasteiger partial charge in [0.05, 0.1) is 22.0 Å². The van der Waals surface area contributed by atoms with Crippen LogP contribution in [0.2, 0.25) is 5.02 Å². The minimum absolute atomic E-state index is 0.0855. The zero-order chi connectivity index (χ0) is 17.7. The molecule has 0 bridgehead atoms. The van der Waals surface area contributed by atoms with Crippen molar-refractivity contribution in [1.29, 1.82) is 10.5 Å². The van der Waals surface area contributed by atoms with Crippen LogP contribution >= 0.6 is 23.4 Å². The SMILES string of the molecule is Cc1nc(C)c(C#N)c(SCC(=O)Nc2ccc(C#N)c(Cl)c2)n1. The van der Waals surface area contributed by atoms with Crippen LogP contribution in [-0.2, 0) is 4.79 Å². The molecule has 2 rings (SSSR count). The number of carbonyl (C=O) groups excluding carboxylic acids is 1. The number of hydrogen-bond donors (Lipinski definition) is 1. The molecule has 0 unspecified atom stereocenters. The third-order valence-electron chi connectivity index (χ3n) is 2.99. The number of benzene rings is 1. The summed E-state index contributed by atoms with van der Waals surface area (Å²) in [6.45, 7) is 3.47. The Labute approximate surface area is 148 Å². The van der Waals surface area contributed by atoms with Crippen molar-refractivity contribution in [2.24, 2.45) is 0 Å². The third-order valence-corrected chi connectivity index (χ3v) is 4.28. The number of carbonyl (C=O) groups is 1. The van der Waals surface area contributed by atoms with Crippen molar-refractivity contribution in [2.45, 2.75) is 18.9 Å². The average Bonchev–Trinajstić information content (AvgIpc) is 2.52. The summed E-state index contributed by atoms with van der Waals surface area (Å²) in [7, 11) is 0. The fraction of sp³-hybridized carbons (Fsp3) is 0.188. The van der Waals surface area contributed by atoms with Gasteiger partial charge in [0.1, 0.15) is 28.6 Å². The molecule has 6 nitrogen and oxygen atoms in total. The summed E-state index contributed by atoms with van der Waals surface area (Å²) in [6, 6.07) is 8.67. The maximum atomic E-state index is 12.1. The largest absolute Gasteiger partial charge is 0.325 e. The van der Waals surface area contributed by atoms with Gasteiger partial charge in [0.15, 0.2) is 0 Å². The van der Waals surface area contributed by atoms with Gasteiger partial charge in [-0.25, -0.2) is 9.97 Å². The molecule has 0 saturated carbocycles.